The molecule has 1 saturated heterocycles. The molecule has 1 aromatic rings. The van der Waals surface area contributed by atoms with Gasteiger partial charge in [0, 0.05) is 31.9 Å². The lowest BCUT2D eigenvalue weighted by Gasteiger charge is -2.36. The third-order valence-corrected chi connectivity index (χ3v) is 3.70. The summed E-state index contributed by atoms with van der Waals surface area (Å²) in [6.45, 7) is 11.0. The Hall–Kier alpha value is -0.840. The molecule has 1 N–H and O–H groups in total. The fourth-order valence-corrected chi connectivity index (χ4v) is 2.63. The van der Waals surface area contributed by atoms with Crippen molar-refractivity contribution in [1.29, 1.82) is 0 Å². The molecule has 0 radical (unpaired) electrons. The lowest BCUT2D eigenvalue weighted by Crippen LogP contribution is -2.45. The summed E-state index contributed by atoms with van der Waals surface area (Å²) in [5, 5.41) is 4.11. The molecule has 1 aliphatic heterocycles. The zero-order valence-corrected chi connectivity index (χ0v) is 13.4. The molecule has 112 valence electrons. The molecule has 0 aliphatic carbocycles. The molecule has 0 amide bonds. The van der Waals surface area contributed by atoms with Crippen molar-refractivity contribution in [1.82, 2.24) is 10.3 Å². The number of halogens is 1. The minimum absolute atomic E-state index is 0.230. The Kier molecular flexibility index (Phi) is 5.24. The van der Waals surface area contributed by atoms with Gasteiger partial charge in [-0.05, 0) is 25.5 Å². The molecule has 2 atom stereocenters. The Morgan fingerprint density at radius 2 is 2.05 bits per heavy atom. The van der Waals surface area contributed by atoms with Gasteiger partial charge in [-0.1, -0.05) is 25.4 Å². The van der Waals surface area contributed by atoms with Crippen molar-refractivity contribution in [3.63, 3.8) is 0 Å². The van der Waals surface area contributed by atoms with E-state index in [1.54, 1.807) is 6.20 Å². The number of hydrogen-bond acceptors (Lipinski definition) is 4. The second-order valence-electron chi connectivity index (χ2n) is 5.83. The smallest absolute Gasteiger partial charge is 0.129 e. The van der Waals surface area contributed by atoms with Gasteiger partial charge in [-0.25, -0.2) is 4.98 Å². The molecule has 20 heavy (non-hydrogen) atoms. The summed E-state index contributed by atoms with van der Waals surface area (Å²) in [5.41, 5.74) is 1.09. The minimum atomic E-state index is 0.230. The van der Waals surface area contributed by atoms with E-state index >= 15 is 0 Å². The topological polar surface area (TPSA) is 37.4 Å². The van der Waals surface area contributed by atoms with Crippen LogP contribution >= 0.6 is 11.6 Å². The zero-order valence-electron chi connectivity index (χ0n) is 12.7. The summed E-state index contributed by atoms with van der Waals surface area (Å²) in [4.78, 5) is 6.74. The van der Waals surface area contributed by atoms with E-state index < -0.39 is 0 Å². The van der Waals surface area contributed by atoms with Crippen molar-refractivity contribution in [3.05, 3.63) is 22.8 Å². The molecular weight excluding hydrogens is 274 g/mol. The van der Waals surface area contributed by atoms with Gasteiger partial charge in [0.15, 0.2) is 0 Å². The fraction of sp³-hybridized carbons (Fsp3) is 0.667. The van der Waals surface area contributed by atoms with Crippen LogP contribution < -0.4 is 10.2 Å². The molecule has 1 fully saturated rings. The predicted molar refractivity (Wildman–Crippen MR) is 83.4 cm³/mol. The Morgan fingerprint density at radius 3 is 2.65 bits per heavy atom. The molecule has 0 aromatic carbocycles. The number of nitrogens with zero attached hydrogens (tertiary/aromatic N) is 2. The van der Waals surface area contributed by atoms with Crippen molar-refractivity contribution in [2.24, 2.45) is 0 Å². The molecule has 0 spiro atoms. The van der Waals surface area contributed by atoms with Crippen molar-refractivity contribution in [2.45, 2.75) is 52.5 Å². The van der Waals surface area contributed by atoms with E-state index in [9.17, 15) is 0 Å². The normalized spacial score (nSPS) is 23.4. The van der Waals surface area contributed by atoms with E-state index in [2.05, 4.69) is 49.0 Å². The van der Waals surface area contributed by atoms with Crippen LogP contribution in [0, 0.1) is 0 Å². The Morgan fingerprint density at radius 1 is 1.40 bits per heavy atom. The molecular formula is C15H24ClN3O. The lowest BCUT2D eigenvalue weighted by atomic mass is 10.2. The monoisotopic (exact) mass is 297 g/mol. The minimum Gasteiger partial charge on any atom is -0.372 e. The van der Waals surface area contributed by atoms with Crippen molar-refractivity contribution < 1.29 is 4.74 Å². The molecule has 1 aliphatic rings. The van der Waals surface area contributed by atoms with Gasteiger partial charge in [0.2, 0.25) is 0 Å². The lowest BCUT2D eigenvalue weighted by molar-refractivity contribution is -0.00546. The molecule has 2 heterocycles. The van der Waals surface area contributed by atoms with Crippen molar-refractivity contribution in [2.75, 3.05) is 18.0 Å². The number of nitrogens with one attached hydrogen (secondary N) is 1. The van der Waals surface area contributed by atoms with Gasteiger partial charge < -0.3 is 15.0 Å². The van der Waals surface area contributed by atoms with E-state index in [0.29, 0.717) is 6.04 Å². The van der Waals surface area contributed by atoms with Crippen molar-refractivity contribution in [3.8, 4) is 0 Å². The van der Waals surface area contributed by atoms with Crippen LogP contribution in [0.3, 0.4) is 0 Å². The summed E-state index contributed by atoms with van der Waals surface area (Å²) < 4.78 is 5.76. The van der Waals surface area contributed by atoms with E-state index in [4.69, 9.17) is 16.3 Å². The number of anilines is 1. The Bertz CT molecular complexity index is 443. The highest BCUT2D eigenvalue weighted by atomic mass is 35.5. The summed E-state index contributed by atoms with van der Waals surface area (Å²) in [5.74, 6) is 0.983. The fourth-order valence-electron chi connectivity index (χ4n) is 2.46. The number of morpholine rings is 1. The SMILES string of the molecule is CC(C)NCc1cc(N2C[C@@H](C)O[C@@H](C)C2)ncc1Cl. The highest BCUT2D eigenvalue weighted by Gasteiger charge is 2.23. The predicted octanol–water partition coefficient (Wildman–Crippen LogP) is 2.85. The van der Waals surface area contributed by atoms with E-state index in [1.165, 1.54) is 0 Å². The number of hydrogen-bond donors (Lipinski definition) is 1. The number of aromatic nitrogens is 1. The summed E-state index contributed by atoms with van der Waals surface area (Å²) in [6.07, 6.45) is 2.21. The maximum Gasteiger partial charge on any atom is 0.129 e. The first-order chi connectivity index (χ1) is 9.45. The second kappa shape index (κ2) is 6.74. The van der Waals surface area contributed by atoms with Crippen LogP contribution in [-0.2, 0) is 11.3 Å². The molecule has 4 nitrogen and oxygen atoms in total. The first-order valence-electron chi connectivity index (χ1n) is 7.24. The van der Waals surface area contributed by atoms with Gasteiger partial charge >= 0.3 is 0 Å². The number of ether oxygens (including phenoxy) is 1. The second-order valence-corrected chi connectivity index (χ2v) is 6.24. The number of rotatable bonds is 4. The first kappa shape index (κ1) is 15.5. The highest BCUT2D eigenvalue weighted by Crippen LogP contribution is 2.23. The average Bonchev–Trinajstić information content (AvgIpc) is 2.36. The highest BCUT2D eigenvalue weighted by molar-refractivity contribution is 6.31. The van der Waals surface area contributed by atoms with Crippen LogP contribution in [0.25, 0.3) is 0 Å². The van der Waals surface area contributed by atoms with Crippen LogP contribution in [0.2, 0.25) is 5.02 Å². The van der Waals surface area contributed by atoms with Gasteiger partial charge in [-0.2, -0.15) is 0 Å². The maximum atomic E-state index is 6.23. The zero-order chi connectivity index (χ0) is 14.7. The van der Waals surface area contributed by atoms with Crippen LogP contribution in [0.15, 0.2) is 12.3 Å². The van der Waals surface area contributed by atoms with E-state index in [-0.39, 0.29) is 12.2 Å². The molecule has 2 rings (SSSR count). The van der Waals surface area contributed by atoms with Gasteiger partial charge in [0.05, 0.1) is 17.2 Å². The van der Waals surface area contributed by atoms with Crippen molar-refractivity contribution >= 4 is 17.4 Å². The van der Waals surface area contributed by atoms with E-state index in [1.807, 2.05) is 0 Å². The standard InChI is InChI=1S/C15H24ClN3O/c1-10(2)17-6-13-5-15(18-7-14(13)16)19-8-11(3)20-12(4)9-19/h5,7,10-12,17H,6,8-9H2,1-4H3/t11-,12+. The Balaban J connectivity index is 2.13. The molecule has 1 aromatic heterocycles. The largest absolute Gasteiger partial charge is 0.372 e. The maximum absolute atomic E-state index is 6.23. The van der Waals surface area contributed by atoms with Gasteiger partial charge in [-0.3, -0.25) is 0 Å². The number of pyridine rings is 1. The average molecular weight is 298 g/mol. The first-order valence-corrected chi connectivity index (χ1v) is 7.61. The quantitative estimate of drug-likeness (QED) is 0.927. The van der Waals surface area contributed by atoms with Gasteiger partial charge in [0.25, 0.3) is 0 Å². The van der Waals surface area contributed by atoms with E-state index in [0.717, 1.165) is 36.0 Å². The molecule has 0 unspecified atom stereocenters. The van der Waals surface area contributed by atoms with Crippen LogP contribution in [0.5, 0.6) is 0 Å². The summed E-state index contributed by atoms with van der Waals surface area (Å²) in [6, 6.07) is 2.52. The molecule has 0 bridgehead atoms. The molecule has 0 saturated carbocycles. The molecule has 5 heteroatoms. The van der Waals surface area contributed by atoms with Crippen LogP contribution in [-0.4, -0.2) is 36.3 Å². The van der Waals surface area contributed by atoms with Crippen LogP contribution in [0.1, 0.15) is 33.3 Å². The van der Waals surface area contributed by atoms with Gasteiger partial charge in [-0.15, -0.1) is 0 Å². The summed E-state index contributed by atoms with van der Waals surface area (Å²) >= 11 is 6.23. The summed E-state index contributed by atoms with van der Waals surface area (Å²) in [7, 11) is 0. The third-order valence-electron chi connectivity index (χ3n) is 3.36. The van der Waals surface area contributed by atoms with Crippen LogP contribution in [0.4, 0.5) is 5.82 Å². The Labute approximate surface area is 126 Å². The van der Waals surface area contributed by atoms with Gasteiger partial charge in [0.1, 0.15) is 5.82 Å². The third kappa shape index (κ3) is 4.08.